The molecule has 1 fully saturated rings. The van der Waals surface area contributed by atoms with Crippen LogP contribution in [-0.2, 0) is 9.59 Å². The molecule has 1 aromatic rings. The monoisotopic (exact) mass is 289 g/mol. The van der Waals surface area contributed by atoms with Crippen molar-refractivity contribution in [3.63, 3.8) is 0 Å². The molecule has 1 heterocycles. The van der Waals surface area contributed by atoms with Crippen molar-refractivity contribution in [1.29, 1.82) is 0 Å². The van der Waals surface area contributed by atoms with E-state index in [0.29, 0.717) is 6.42 Å². The van der Waals surface area contributed by atoms with E-state index in [1.807, 2.05) is 24.3 Å². The Bertz CT molecular complexity index is 496. The van der Waals surface area contributed by atoms with Gasteiger partial charge in [-0.05, 0) is 44.2 Å². The van der Waals surface area contributed by atoms with Gasteiger partial charge in [0.05, 0.1) is 11.4 Å². The van der Waals surface area contributed by atoms with E-state index in [2.05, 4.69) is 10.2 Å². The number of nitrogens with one attached hydrogen (secondary N) is 1. The van der Waals surface area contributed by atoms with Crippen LogP contribution in [0.2, 0.25) is 0 Å². The van der Waals surface area contributed by atoms with Crippen LogP contribution in [0.1, 0.15) is 38.5 Å². The molecule has 0 saturated carbocycles. The molecule has 2 rings (SSSR count). The highest BCUT2D eigenvalue weighted by atomic mass is 16.4. The minimum atomic E-state index is -1.11. The molecule has 0 radical (unpaired) electrons. The number of hydrogen-bond acceptors (Lipinski definition) is 4. The van der Waals surface area contributed by atoms with E-state index in [-0.39, 0.29) is 18.7 Å². The smallest absolute Gasteiger partial charge is 0.224 e. The summed E-state index contributed by atoms with van der Waals surface area (Å²) in [5.74, 6) is -1.27. The second-order valence-corrected chi connectivity index (χ2v) is 5.34. The van der Waals surface area contributed by atoms with Gasteiger partial charge in [-0.15, -0.1) is 0 Å². The van der Waals surface area contributed by atoms with E-state index in [1.54, 1.807) is 0 Å². The zero-order valence-electron chi connectivity index (χ0n) is 12.1. The lowest BCUT2D eigenvalue weighted by Crippen LogP contribution is -2.30. The topological polar surface area (TPSA) is 72.5 Å². The summed E-state index contributed by atoms with van der Waals surface area (Å²) in [5.41, 5.74) is 1.85. The Morgan fingerprint density at radius 1 is 1.10 bits per heavy atom. The molecule has 114 valence electrons. The average molecular weight is 289 g/mol. The standard InChI is InChI=1S/C16H22N2O3/c19-15(9-6-10-16(20)21)17-13-7-2-3-8-14(13)18-11-4-1-5-12-18/h2-3,7-8H,1,4-6,9-12H2,(H,17,19)(H,20,21)/p-1. The Morgan fingerprint density at radius 2 is 1.81 bits per heavy atom. The van der Waals surface area contributed by atoms with Gasteiger partial charge in [0, 0.05) is 25.5 Å². The summed E-state index contributed by atoms with van der Waals surface area (Å²) >= 11 is 0. The predicted molar refractivity (Wildman–Crippen MR) is 80.0 cm³/mol. The normalized spacial score (nSPS) is 14.8. The van der Waals surface area contributed by atoms with Crippen molar-refractivity contribution in [1.82, 2.24) is 0 Å². The van der Waals surface area contributed by atoms with Crippen molar-refractivity contribution in [2.75, 3.05) is 23.3 Å². The van der Waals surface area contributed by atoms with E-state index in [9.17, 15) is 14.7 Å². The van der Waals surface area contributed by atoms with Crippen LogP contribution in [0, 0.1) is 0 Å². The van der Waals surface area contributed by atoms with E-state index in [4.69, 9.17) is 0 Å². The van der Waals surface area contributed by atoms with Gasteiger partial charge in [-0.25, -0.2) is 0 Å². The molecule has 0 aliphatic carbocycles. The van der Waals surface area contributed by atoms with Crippen molar-refractivity contribution in [2.45, 2.75) is 38.5 Å². The zero-order valence-corrected chi connectivity index (χ0v) is 12.1. The van der Waals surface area contributed by atoms with Crippen molar-refractivity contribution in [3.8, 4) is 0 Å². The molecule has 1 aliphatic rings. The number of carboxylic acid groups (broad SMARTS) is 1. The number of rotatable bonds is 6. The summed E-state index contributed by atoms with van der Waals surface area (Å²) in [6.45, 7) is 2.02. The third kappa shape index (κ3) is 4.77. The number of carboxylic acids is 1. The summed E-state index contributed by atoms with van der Waals surface area (Å²) in [6, 6.07) is 7.77. The molecule has 0 spiro atoms. The summed E-state index contributed by atoms with van der Waals surface area (Å²) in [7, 11) is 0. The molecule has 1 aliphatic heterocycles. The van der Waals surface area contributed by atoms with Crippen LogP contribution in [0.5, 0.6) is 0 Å². The fourth-order valence-corrected chi connectivity index (χ4v) is 2.60. The molecule has 0 bridgehead atoms. The number of benzene rings is 1. The Morgan fingerprint density at radius 3 is 2.52 bits per heavy atom. The SMILES string of the molecule is O=C([O-])CCCC(=O)Nc1ccccc1N1CCCCC1. The van der Waals surface area contributed by atoms with Crippen LogP contribution in [0.25, 0.3) is 0 Å². The molecule has 1 aromatic carbocycles. The van der Waals surface area contributed by atoms with Crippen LogP contribution in [0.3, 0.4) is 0 Å². The average Bonchev–Trinajstić information content (AvgIpc) is 2.48. The highest BCUT2D eigenvalue weighted by Crippen LogP contribution is 2.28. The lowest BCUT2D eigenvalue weighted by Gasteiger charge is -2.30. The summed E-state index contributed by atoms with van der Waals surface area (Å²) < 4.78 is 0. The van der Waals surface area contributed by atoms with E-state index < -0.39 is 5.97 Å². The van der Waals surface area contributed by atoms with Gasteiger partial charge < -0.3 is 20.1 Å². The van der Waals surface area contributed by atoms with Crippen LogP contribution < -0.4 is 15.3 Å². The van der Waals surface area contributed by atoms with Crippen molar-refractivity contribution >= 4 is 23.3 Å². The lowest BCUT2D eigenvalue weighted by atomic mass is 10.1. The van der Waals surface area contributed by atoms with Gasteiger partial charge in [-0.1, -0.05) is 12.1 Å². The third-order valence-corrected chi connectivity index (χ3v) is 3.66. The minimum Gasteiger partial charge on any atom is -0.550 e. The van der Waals surface area contributed by atoms with Crippen LogP contribution in [-0.4, -0.2) is 25.0 Å². The number of carbonyl (C=O) groups excluding carboxylic acids is 2. The van der Waals surface area contributed by atoms with Gasteiger partial charge in [0.1, 0.15) is 0 Å². The molecular weight excluding hydrogens is 268 g/mol. The number of amides is 1. The van der Waals surface area contributed by atoms with E-state index >= 15 is 0 Å². The lowest BCUT2D eigenvalue weighted by molar-refractivity contribution is -0.305. The molecule has 1 amide bonds. The van der Waals surface area contributed by atoms with Crippen LogP contribution in [0.15, 0.2) is 24.3 Å². The number of aliphatic carboxylic acids is 1. The third-order valence-electron chi connectivity index (χ3n) is 3.66. The number of nitrogens with zero attached hydrogens (tertiary/aromatic N) is 1. The number of para-hydroxylation sites is 2. The van der Waals surface area contributed by atoms with Gasteiger partial charge >= 0.3 is 0 Å². The number of piperidine rings is 1. The van der Waals surface area contributed by atoms with Crippen LogP contribution in [0.4, 0.5) is 11.4 Å². The first kappa shape index (κ1) is 15.4. The van der Waals surface area contributed by atoms with Gasteiger partial charge in [0.15, 0.2) is 0 Å². The maximum atomic E-state index is 11.9. The number of anilines is 2. The van der Waals surface area contributed by atoms with E-state index in [1.165, 1.54) is 19.3 Å². The van der Waals surface area contributed by atoms with Gasteiger partial charge in [-0.2, -0.15) is 0 Å². The van der Waals surface area contributed by atoms with Gasteiger partial charge in [0.2, 0.25) is 5.91 Å². The summed E-state index contributed by atoms with van der Waals surface area (Å²) in [6.07, 6.45) is 4.03. The minimum absolute atomic E-state index is 0.0822. The predicted octanol–water partition coefficient (Wildman–Crippen LogP) is 1.54. The Labute approximate surface area is 125 Å². The Kier molecular flexibility index (Phi) is 5.60. The Balaban J connectivity index is 1.96. The summed E-state index contributed by atoms with van der Waals surface area (Å²) in [5, 5.41) is 13.2. The molecular formula is C16H21N2O3-. The first-order valence-corrected chi connectivity index (χ1v) is 7.50. The van der Waals surface area contributed by atoms with Crippen LogP contribution >= 0.6 is 0 Å². The maximum Gasteiger partial charge on any atom is 0.224 e. The van der Waals surface area contributed by atoms with Crippen molar-refractivity contribution < 1.29 is 14.7 Å². The molecule has 1 saturated heterocycles. The molecule has 0 atom stereocenters. The second kappa shape index (κ2) is 7.67. The van der Waals surface area contributed by atoms with Gasteiger partial charge in [-0.3, -0.25) is 4.79 Å². The molecule has 1 N–H and O–H groups in total. The highest BCUT2D eigenvalue weighted by molar-refractivity contribution is 5.94. The molecule has 5 nitrogen and oxygen atoms in total. The highest BCUT2D eigenvalue weighted by Gasteiger charge is 2.15. The largest absolute Gasteiger partial charge is 0.550 e. The molecule has 0 unspecified atom stereocenters. The quantitative estimate of drug-likeness (QED) is 0.862. The first-order chi connectivity index (χ1) is 10.2. The zero-order chi connectivity index (χ0) is 15.1. The summed E-state index contributed by atoms with van der Waals surface area (Å²) in [4.78, 5) is 24.5. The molecule has 21 heavy (non-hydrogen) atoms. The molecule has 5 heteroatoms. The molecule has 0 aromatic heterocycles. The van der Waals surface area contributed by atoms with E-state index in [0.717, 1.165) is 24.5 Å². The number of hydrogen-bond donors (Lipinski definition) is 1. The maximum absolute atomic E-state index is 11.9. The second-order valence-electron chi connectivity index (χ2n) is 5.34. The fraction of sp³-hybridized carbons (Fsp3) is 0.500. The number of carbonyl (C=O) groups is 2. The van der Waals surface area contributed by atoms with Crippen molar-refractivity contribution in [3.05, 3.63) is 24.3 Å². The fourth-order valence-electron chi connectivity index (χ4n) is 2.60. The first-order valence-electron chi connectivity index (χ1n) is 7.50. The van der Waals surface area contributed by atoms with Crippen molar-refractivity contribution in [2.24, 2.45) is 0 Å². The van der Waals surface area contributed by atoms with Gasteiger partial charge in [0.25, 0.3) is 0 Å². The Hall–Kier alpha value is -2.04.